The number of nitrogens with zero attached hydrogens (tertiary/aromatic N) is 1. The van der Waals surface area contributed by atoms with Gasteiger partial charge in [-0.15, -0.1) is 11.3 Å². The maximum absolute atomic E-state index is 12.7. The molecule has 3 N–H and O–H groups in total. The van der Waals surface area contributed by atoms with E-state index in [2.05, 4.69) is 10.3 Å². The first-order chi connectivity index (χ1) is 14.8. The number of hydrogen-bond acceptors (Lipinski definition) is 8. The van der Waals surface area contributed by atoms with E-state index in [9.17, 15) is 19.8 Å². The van der Waals surface area contributed by atoms with Crippen molar-refractivity contribution in [2.45, 2.75) is 32.6 Å². The van der Waals surface area contributed by atoms with Gasteiger partial charge in [-0.3, -0.25) is 9.59 Å². The number of aromatic nitrogens is 1. The van der Waals surface area contributed by atoms with Gasteiger partial charge in [0, 0.05) is 36.5 Å². The second-order valence-electron chi connectivity index (χ2n) is 7.10. The van der Waals surface area contributed by atoms with Crippen LogP contribution in [0.3, 0.4) is 0 Å². The van der Waals surface area contributed by atoms with E-state index in [1.54, 1.807) is 19.1 Å². The summed E-state index contributed by atoms with van der Waals surface area (Å²) in [5.74, 6) is -1.15. The molecular weight excluding hydrogens is 420 g/mol. The van der Waals surface area contributed by atoms with E-state index in [4.69, 9.17) is 9.15 Å². The summed E-state index contributed by atoms with van der Waals surface area (Å²) in [6.07, 6.45) is 0.525. The molecule has 0 aliphatic rings. The van der Waals surface area contributed by atoms with Gasteiger partial charge in [0.05, 0.1) is 18.0 Å². The number of phenolic OH excluding ortho intramolecular Hbond substituents is 1. The average Bonchev–Trinajstić information content (AvgIpc) is 3.14. The van der Waals surface area contributed by atoms with Gasteiger partial charge >= 0.3 is 0 Å². The van der Waals surface area contributed by atoms with Crippen LogP contribution in [0, 0.1) is 13.8 Å². The van der Waals surface area contributed by atoms with E-state index in [1.807, 2.05) is 12.3 Å². The molecule has 0 spiro atoms. The van der Waals surface area contributed by atoms with E-state index in [0.717, 1.165) is 10.7 Å². The second-order valence-corrected chi connectivity index (χ2v) is 8.05. The fourth-order valence-corrected chi connectivity index (χ4v) is 3.99. The van der Waals surface area contributed by atoms with E-state index in [0.29, 0.717) is 24.3 Å². The quantitative estimate of drug-likeness (QED) is 0.488. The smallest absolute Gasteiger partial charge is 0.227 e. The molecule has 1 atom stereocenters. The third-order valence-electron chi connectivity index (χ3n) is 4.71. The van der Waals surface area contributed by atoms with Crippen LogP contribution in [0.5, 0.6) is 17.2 Å². The Balaban J connectivity index is 1.85. The molecule has 31 heavy (non-hydrogen) atoms. The summed E-state index contributed by atoms with van der Waals surface area (Å²) in [6.45, 7) is 3.91. The zero-order chi connectivity index (χ0) is 22.5. The Morgan fingerprint density at radius 3 is 2.74 bits per heavy atom. The SMILES string of the molecule is COc1cc(C(CC(=O)NCCc2nc(C)cs2)c2oc(C)cc(=O)c2O)ccc1O. The Bertz CT molecular complexity index is 1140. The Labute approximate surface area is 183 Å². The lowest BCUT2D eigenvalue weighted by Gasteiger charge is -2.19. The van der Waals surface area contributed by atoms with Gasteiger partial charge in [0.25, 0.3) is 0 Å². The van der Waals surface area contributed by atoms with Crippen LogP contribution < -0.4 is 15.5 Å². The molecule has 0 fully saturated rings. The van der Waals surface area contributed by atoms with Crippen molar-refractivity contribution in [1.82, 2.24) is 10.3 Å². The van der Waals surface area contributed by atoms with Crippen molar-refractivity contribution in [3.63, 3.8) is 0 Å². The molecule has 1 amide bonds. The normalized spacial score (nSPS) is 11.8. The molecule has 0 aliphatic carbocycles. The predicted molar refractivity (Wildman–Crippen MR) is 116 cm³/mol. The highest BCUT2D eigenvalue weighted by Gasteiger charge is 2.26. The maximum Gasteiger partial charge on any atom is 0.227 e. The van der Waals surface area contributed by atoms with Crippen molar-refractivity contribution in [1.29, 1.82) is 0 Å². The number of carbonyl (C=O) groups excluding carboxylic acids is 1. The minimum absolute atomic E-state index is 0.0107. The number of amides is 1. The Kier molecular flexibility index (Phi) is 6.96. The number of hydrogen-bond donors (Lipinski definition) is 3. The summed E-state index contributed by atoms with van der Waals surface area (Å²) in [5, 5.41) is 26.0. The number of aromatic hydroxyl groups is 2. The van der Waals surface area contributed by atoms with Gasteiger partial charge in [-0.1, -0.05) is 6.07 Å². The standard InChI is InChI=1S/C22H24N2O6S/c1-12-11-31-20(24-12)6-7-23-19(27)10-15(14-4-5-16(25)18(9-14)29-3)22-21(28)17(26)8-13(2)30-22/h4-5,8-9,11,15,25,28H,6-7,10H2,1-3H3,(H,23,27). The van der Waals surface area contributed by atoms with Crippen molar-refractivity contribution in [2.75, 3.05) is 13.7 Å². The number of methoxy groups -OCH3 is 1. The van der Waals surface area contributed by atoms with Crippen LogP contribution >= 0.6 is 11.3 Å². The Hall–Kier alpha value is -3.33. The van der Waals surface area contributed by atoms with Crippen molar-refractivity contribution in [3.05, 3.63) is 67.7 Å². The number of aryl methyl sites for hydroxylation is 2. The highest BCUT2D eigenvalue weighted by atomic mass is 32.1. The number of thiazole rings is 1. The van der Waals surface area contributed by atoms with Crippen LogP contribution in [0.1, 0.15) is 40.1 Å². The zero-order valence-electron chi connectivity index (χ0n) is 17.5. The molecule has 2 heterocycles. The lowest BCUT2D eigenvalue weighted by Crippen LogP contribution is -2.27. The number of benzene rings is 1. The van der Waals surface area contributed by atoms with Gasteiger partial charge in [0.15, 0.2) is 17.3 Å². The Morgan fingerprint density at radius 1 is 1.29 bits per heavy atom. The molecule has 3 rings (SSSR count). The van der Waals surface area contributed by atoms with Gasteiger partial charge in [-0.2, -0.15) is 0 Å². The van der Waals surface area contributed by atoms with Crippen LogP contribution in [0.15, 0.2) is 38.9 Å². The van der Waals surface area contributed by atoms with Crippen LogP contribution in [-0.2, 0) is 11.2 Å². The van der Waals surface area contributed by atoms with Crippen molar-refractivity contribution in [3.8, 4) is 17.2 Å². The van der Waals surface area contributed by atoms with Crippen molar-refractivity contribution >= 4 is 17.2 Å². The average molecular weight is 445 g/mol. The first kappa shape index (κ1) is 22.4. The summed E-state index contributed by atoms with van der Waals surface area (Å²) in [7, 11) is 1.41. The summed E-state index contributed by atoms with van der Waals surface area (Å²) < 4.78 is 10.8. The number of phenols is 1. The molecule has 0 aliphatic heterocycles. The van der Waals surface area contributed by atoms with Gasteiger partial charge in [-0.25, -0.2) is 4.98 Å². The molecule has 1 aromatic carbocycles. The molecule has 164 valence electrons. The number of carbonyl (C=O) groups is 1. The maximum atomic E-state index is 12.7. The van der Waals surface area contributed by atoms with Crippen LogP contribution in [0.25, 0.3) is 0 Å². The number of nitrogens with one attached hydrogen (secondary N) is 1. The molecule has 0 radical (unpaired) electrons. The predicted octanol–water partition coefficient (Wildman–Crippen LogP) is 3.01. The molecule has 2 aromatic heterocycles. The third-order valence-corrected chi connectivity index (χ3v) is 5.74. The van der Waals surface area contributed by atoms with Crippen LogP contribution in [-0.4, -0.2) is 34.8 Å². The summed E-state index contributed by atoms with van der Waals surface area (Å²) in [4.78, 5) is 29.2. The molecule has 3 aromatic rings. The zero-order valence-corrected chi connectivity index (χ0v) is 18.3. The van der Waals surface area contributed by atoms with Crippen molar-refractivity contribution < 1.29 is 24.2 Å². The highest BCUT2D eigenvalue weighted by molar-refractivity contribution is 7.09. The van der Waals surface area contributed by atoms with E-state index in [-0.39, 0.29) is 29.6 Å². The molecule has 9 heteroatoms. The molecular formula is C22H24N2O6S. The third kappa shape index (κ3) is 5.43. The molecule has 0 saturated carbocycles. The first-order valence-corrected chi connectivity index (χ1v) is 10.5. The number of rotatable bonds is 8. The Morgan fingerprint density at radius 2 is 2.06 bits per heavy atom. The first-order valence-electron chi connectivity index (χ1n) is 9.66. The van der Waals surface area contributed by atoms with Gasteiger partial charge < -0.3 is 24.7 Å². The van der Waals surface area contributed by atoms with Crippen LogP contribution in [0.4, 0.5) is 0 Å². The number of ether oxygens (including phenoxy) is 1. The monoisotopic (exact) mass is 444 g/mol. The van der Waals surface area contributed by atoms with Gasteiger partial charge in [-0.05, 0) is 31.5 Å². The fourth-order valence-electron chi connectivity index (χ4n) is 3.22. The molecule has 8 nitrogen and oxygen atoms in total. The van der Waals surface area contributed by atoms with E-state index in [1.165, 1.54) is 30.6 Å². The summed E-state index contributed by atoms with van der Waals surface area (Å²) in [6, 6.07) is 5.75. The largest absolute Gasteiger partial charge is 0.504 e. The molecule has 1 unspecified atom stereocenters. The highest BCUT2D eigenvalue weighted by Crippen LogP contribution is 2.37. The van der Waals surface area contributed by atoms with Crippen LogP contribution in [0.2, 0.25) is 0 Å². The lowest BCUT2D eigenvalue weighted by atomic mass is 9.91. The van der Waals surface area contributed by atoms with Gasteiger partial charge in [0.1, 0.15) is 5.76 Å². The van der Waals surface area contributed by atoms with Gasteiger partial charge in [0.2, 0.25) is 17.1 Å². The molecule has 0 saturated heterocycles. The lowest BCUT2D eigenvalue weighted by molar-refractivity contribution is -0.121. The summed E-state index contributed by atoms with van der Waals surface area (Å²) in [5.41, 5.74) is 0.899. The minimum Gasteiger partial charge on any atom is -0.504 e. The van der Waals surface area contributed by atoms with E-state index >= 15 is 0 Å². The second kappa shape index (κ2) is 9.65. The van der Waals surface area contributed by atoms with E-state index < -0.39 is 17.1 Å². The van der Waals surface area contributed by atoms with Crippen molar-refractivity contribution in [2.24, 2.45) is 0 Å². The topological polar surface area (TPSA) is 122 Å². The minimum atomic E-state index is -0.760. The molecule has 0 bridgehead atoms. The summed E-state index contributed by atoms with van der Waals surface area (Å²) >= 11 is 1.54. The fraction of sp³-hybridized carbons (Fsp3) is 0.318.